The van der Waals surface area contributed by atoms with Gasteiger partial charge >= 0.3 is 5.97 Å². The van der Waals surface area contributed by atoms with Crippen molar-refractivity contribution in [1.82, 2.24) is 0 Å². The lowest BCUT2D eigenvalue weighted by molar-refractivity contribution is -0.162. The van der Waals surface area contributed by atoms with Crippen molar-refractivity contribution in [3.8, 4) is 11.5 Å². The molecule has 2 atom stereocenters. The first-order valence-electron chi connectivity index (χ1n) is 8.88. The number of ether oxygens (including phenoxy) is 3. The number of rotatable bonds is 8. The Labute approximate surface area is 151 Å². The van der Waals surface area contributed by atoms with Crippen molar-refractivity contribution in [1.29, 1.82) is 0 Å². The summed E-state index contributed by atoms with van der Waals surface area (Å²) in [5, 5.41) is 0. The lowest BCUT2D eigenvalue weighted by atomic mass is 9.76. The van der Waals surface area contributed by atoms with Gasteiger partial charge in [-0.1, -0.05) is 34.6 Å². The molecule has 0 bridgehead atoms. The van der Waals surface area contributed by atoms with Crippen molar-refractivity contribution in [2.45, 2.75) is 60.8 Å². The van der Waals surface area contributed by atoms with E-state index in [-0.39, 0.29) is 17.3 Å². The predicted molar refractivity (Wildman–Crippen MR) is 99.3 cm³/mol. The molecule has 5 heteroatoms. The lowest BCUT2D eigenvalue weighted by Crippen LogP contribution is -2.45. The molecular weight excluding hydrogens is 318 g/mol. The van der Waals surface area contributed by atoms with E-state index in [4.69, 9.17) is 19.9 Å². The fourth-order valence-electron chi connectivity index (χ4n) is 2.59. The molecule has 2 unspecified atom stereocenters. The van der Waals surface area contributed by atoms with Crippen LogP contribution in [-0.4, -0.2) is 18.5 Å². The molecule has 0 radical (unpaired) electrons. The zero-order valence-corrected chi connectivity index (χ0v) is 16.6. The first-order valence-corrected chi connectivity index (χ1v) is 8.88. The van der Waals surface area contributed by atoms with Crippen LogP contribution in [0.25, 0.3) is 0 Å². The molecule has 5 nitrogen and oxygen atoms in total. The van der Waals surface area contributed by atoms with E-state index in [0.29, 0.717) is 24.0 Å². The minimum absolute atomic E-state index is 0.150. The van der Waals surface area contributed by atoms with Crippen LogP contribution in [0.1, 0.15) is 54.9 Å². The van der Waals surface area contributed by atoms with Gasteiger partial charge in [0.05, 0.1) is 5.92 Å². The number of nitrogens with two attached hydrogens (primary N) is 1. The largest absolute Gasteiger partial charge is 0.449 e. The highest BCUT2D eigenvalue weighted by Gasteiger charge is 2.33. The third-order valence-electron chi connectivity index (χ3n) is 3.83. The summed E-state index contributed by atoms with van der Waals surface area (Å²) < 4.78 is 16.5. The van der Waals surface area contributed by atoms with E-state index < -0.39 is 5.91 Å². The molecule has 1 aromatic rings. The molecule has 0 aliphatic carbocycles. The molecule has 0 aliphatic heterocycles. The predicted octanol–water partition coefficient (Wildman–Crippen LogP) is 4.35. The molecule has 25 heavy (non-hydrogen) atoms. The summed E-state index contributed by atoms with van der Waals surface area (Å²) in [4.78, 5) is 12.6. The van der Waals surface area contributed by atoms with Gasteiger partial charge in [0.2, 0.25) is 0 Å². The molecule has 0 spiro atoms. The maximum absolute atomic E-state index is 12.6. The zero-order valence-electron chi connectivity index (χ0n) is 16.6. The normalized spacial score (nSPS) is 15.6. The molecule has 0 fully saturated rings. The number of hydrogen-bond acceptors (Lipinski definition) is 5. The van der Waals surface area contributed by atoms with E-state index in [2.05, 4.69) is 34.6 Å². The summed E-state index contributed by atoms with van der Waals surface area (Å²) in [5.41, 5.74) is 5.73. The van der Waals surface area contributed by atoms with Crippen LogP contribution in [0.15, 0.2) is 24.3 Å². The number of esters is 1. The Hall–Kier alpha value is -1.59. The van der Waals surface area contributed by atoms with Gasteiger partial charge in [-0.2, -0.15) is 0 Å². The molecule has 142 valence electrons. The second kappa shape index (κ2) is 8.68. The second-order valence-electron chi connectivity index (χ2n) is 7.99. The van der Waals surface area contributed by atoms with Gasteiger partial charge in [-0.15, -0.1) is 0 Å². The van der Waals surface area contributed by atoms with Crippen LogP contribution in [0.5, 0.6) is 11.5 Å². The van der Waals surface area contributed by atoms with Gasteiger partial charge < -0.3 is 14.2 Å². The standard InChI is InChI=1S/C20H33NO4/c1-8-23-20(7,21)25-16-11-9-15(10-12-16)24-18(22)17(13-14(2)3)19(4,5)6/h9-12,14,17H,8,13,21H2,1-7H3. The molecule has 0 aromatic heterocycles. The van der Waals surface area contributed by atoms with Gasteiger partial charge in [-0.3, -0.25) is 10.5 Å². The molecular formula is C20H33NO4. The fraction of sp³-hybridized carbons (Fsp3) is 0.650. The summed E-state index contributed by atoms with van der Waals surface area (Å²) in [6, 6.07) is 6.82. The first kappa shape index (κ1) is 21.5. The van der Waals surface area contributed by atoms with E-state index >= 15 is 0 Å². The van der Waals surface area contributed by atoms with Crippen LogP contribution < -0.4 is 15.2 Å². The molecule has 0 amide bonds. The molecule has 1 rings (SSSR count). The third-order valence-corrected chi connectivity index (χ3v) is 3.83. The summed E-state index contributed by atoms with van der Waals surface area (Å²) in [6.45, 7) is 14.4. The smallest absolute Gasteiger partial charge is 0.314 e. The molecule has 0 saturated carbocycles. The fourth-order valence-corrected chi connectivity index (χ4v) is 2.59. The topological polar surface area (TPSA) is 70.8 Å². The summed E-state index contributed by atoms with van der Waals surface area (Å²) in [7, 11) is 0. The average Bonchev–Trinajstić information content (AvgIpc) is 2.45. The SMILES string of the molecule is CCOC(C)(N)Oc1ccc(OC(=O)C(CC(C)C)C(C)(C)C)cc1. The van der Waals surface area contributed by atoms with Crippen molar-refractivity contribution in [2.75, 3.05) is 6.61 Å². The average molecular weight is 351 g/mol. The number of carbonyl (C=O) groups excluding carboxylic acids is 1. The van der Waals surface area contributed by atoms with Crippen molar-refractivity contribution in [2.24, 2.45) is 23.0 Å². The number of benzene rings is 1. The van der Waals surface area contributed by atoms with Gasteiger partial charge in [0, 0.05) is 13.5 Å². The maximum Gasteiger partial charge on any atom is 0.314 e. The monoisotopic (exact) mass is 351 g/mol. The molecule has 0 aliphatic rings. The zero-order chi connectivity index (χ0) is 19.3. The van der Waals surface area contributed by atoms with E-state index in [9.17, 15) is 4.79 Å². The minimum Gasteiger partial charge on any atom is -0.449 e. The minimum atomic E-state index is -1.19. The summed E-state index contributed by atoms with van der Waals surface area (Å²) in [5.74, 6) is -0.0881. The van der Waals surface area contributed by atoms with Crippen LogP contribution in [0.4, 0.5) is 0 Å². The third kappa shape index (κ3) is 7.45. The molecule has 0 saturated heterocycles. The van der Waals surface area contributed by atoms with Crippen LogP contribution in [0, 0.1) is 17.3 Å². The van der Waals surface area contributed by atoms with Gasteiger partial charge in [0.15, 0.2) is 0 Å². The first-order chi connectivity index (χ1) is 11.4. The quantitative estimate of drug-likeness (QED) is 0.428. The lowest BCUT2D eigenvalue weighted by Gasteiger charge is -2.30. The highest BCUT2D eigenvalue weighted by molar-refractivity contribution is 5.76. The van der Waals surface area contributed by atoms with Crippen LogP contribution >= 0.6 is 0 Å². The van der Waals surface area contributed by atoms with E-state index in [1.807, 2.05) is 6.92 Å². The van der Waals surface area contributed by atoms with Crippen molar-refractivity contribution in [3.05, 3.63) is 24.3 Å². The summed E-state index contributed by atoms with van der Waals surface area (Å²) >= 11 is 0. The molecule has 2 N–H and O–H groups in total. The van der Waals surface area contributed by atoms with Gasteiger partial charge in [-0.05, 0) is 48.9 Å². The van der Waals surface area contributed by atoms with Gasteiger partial charge in [-0.25, -0.2) is 0 Å². The highest BCUT2D eigenvalue weighted by atomic mass is 16.7. The van der Waals surface area contributed by atoms with Crippen LogP contribution in [0.2, 0.25) is 0 Å². The number of hydrogen-bond donors (Lipinski definition) is 1. The Morgan fingerprint density at radius 3 is 2.04 bits per heavy atom. The van der Waals surface area contributed by atoms with Crippen LogP contribution in [-0.2, 0) is 9.53 Å². The Bertz CT molecular complexity index is 544. The van der Waals surface area contributed by atoms with Gasteiger partial charge in [0.25, 0.3) is 5.91 Å². The molecule has 1 aromatic carbocycles. The Morgan fingerprint density at radius 2 is 1.60 bits per heavy atom. The van der Waals surface area contributed by atoms with E-state index in [1.165, 1.54) is 0 Å². The second-order valence-corrected chi connectivity index (χ2v) is 7.99. The molecule has 0 heterocycles. The Kier molecular flexibility index (Phi) is 7.44. The van der Waals surface area contributed by atoms with Crippen molar-refractivity contribution < 1.29 is 19.0 Å². The maximum atomic E-state index is 12.6. The van der Waals surface area contributed by atoms with Crippen molar-refractivity contribution in [3.63, 3.8) is 0 Å². The Morgan fingerprint density at radius 1 is 1.08 bits per heavy atom. The van der Waals surface area contributed by atoms with Gasteiger partial charge in [0.1, 0.15) is 11.5 Å². The highest BCUT2D eigenvalue weighted by Crippen LogP contribution is 2.33. The number of carbonyl (C=O) groups is 1. The Balaban J connectivity index is 2.77. The van der Waals surface area contributed by atoms with Crippen LogP contribution in [0.3, 0.4) is 0 Å². The van der Waals surface area contributed by atoms with E-state index in [1.54, 1.807) is 31.2 Å². The summed E-state index contributed by atoms with van der Waals surface area (Å²) in [6.07, 6.45) is 0.795. The van der Waals surface area contributed by atoms with E-state index in [0.717, 1.165) is 6.42 Å². The van der Waals surface area contributed by atoms with Crippen molar-refractivity contribution >= 4 is 5.97 Å².